The number of phenolic OH excluding ortho intramolecular Hbond substituents is 1. The number of hydrogen-bond donors (Lipinski definition) is 15. The molecule has 7 amide bonds. The van der Waals surface area contributed by atoms with Crippen molar-refractivity contribution in [1.82, 2.24) is 31.9 Å². The lowest BCUT2D eigenvalue weighted by Crippen LogP contribution is -2.61. The van der Waals surface area contributed by atoms with E-state index in [-0.39, 0.29) is 30.1 Å². The van der Waals surface area contributed by atoms with Crippen molar-refractivity contribution < 1.29 is 68.6 Å². The van der Waals surface area contributed by atoms with E-state index in [1.54, 1.807) is 42.5 Å². The van der Waals surface area contributed by atoms with E-state index in [0.717, 1.165) is 0 Å². The van der Waals surface area contributed by atoms with E-state index in [0.29, 0.717) is 11.1 Å². The number of benzene rings is 2. The zero-order chi connectivity index (χ0) is 45.2. The predicted octanol–water partition coefficient (Wildman–Crippen LogP) is -6.16. The van der Waals surface area contributed by atoms with Crippen molar-refractivity contribution in [3.63, 3.8) is 0 Å². The smallest absolute Gasteiger partial charge is 0.245 e. The van der Waals surface area contributed by atoms with Crippen molar-refractivity contribution in [3.8, 4) is 5.75 Å². The molecule has 1 heterocycles. The summed E-state index contributed by atoms with van der Waals surface area (Å²) in [6.07, 6.45) is -8.42. The highest BCUT2D eigenvalue weighted by Crippen LogP contribution is 2.22. The number of nitrogens with two attached hydrogens (primary N) is 2. The van der Waals surface area contributed by atoms with Crippen molar-refractivity contribution in [2.45, 2.75) is 73.8 Å². The van der Waals surface area contributed by atoms with Gasteiger partial charge in [-0.05, 0) is 29.7 Å². The summed E-state index contributed by atoms with van der Waals surface area (Å²) in [5, 5.41) is 63.8. The molecule has 0 aromatic heterocycles. The number of nitrogens with one attached hydrogen (secondary N) is 6. The summed E-state index contributed by atoms with van der Waals surface area (Å²) >= 11 is 8.28. The largest absolute Gasteiger partial charge is 0.508 e. The molecule has 15 N–H and O–H groups in total. The summed E-state index contributed by atoms with van der Waals surface area (Å²) < 4.78 is 10.7. The van der Waals surface area contributed by atoms with E-state index in [1.165, 1.54) is 12.1 Å². The quantitative estimate of drug-likeness (QED) is 0.0462. The van der Waals surface area contributed by atoms with Gasteiger partial charge >= 0.3 is 0 Å². The summed E-state index contributed by atoms with van der Waals surface area (Å²) in [5.41, 5.74) is 12.4. The molecule has 24 heteroatoms. The van der Waals surface area contributed by atoms with Gasteiger partial charge in [0.05, 0.1) is 32.3 Å². The van der Waals surface area contributed by atoms with Gasteiger partial charge in [-0.3, -0.25) is 33.6 Å². The van der Waals surface area contributed by atoms with Crippen molar-refractivity contribution in [3.05, 3.63) is 65.7 Å². The molecule has 22 nitrogen and oxygen atoms in total. The molecule has 336 valence electrons. The zero-order valence-corrected chi connectivity index (χ0v) is 34.4. The number of carbonyl (C=O) groups is 7. The first-order valence-electron chi connectivity index (χ1n) is 18.7. The first-order valence-corrected chi connectivity index (χ1v) is 20.0. The Morgan fingerprint density at radius 3 is 1.82 bits per heavy atom. The lowest BCUT2D eigenvalue weighted by atomic mass is 9.99. The molecule has 1 aliphatic heterocycles. The van der Waals surface area contributed by atoms with Crippen LogP contribution in [-0.4, -0.2) is 166 Å². The van der Waals surface area contributed by atoms with Crippen molar-refractivity contribution >= 4 is 66.6 Å². The molecule has 0 saturated carbocycles. The van der Waals surface area contributed by atoms with Crippen molar-refractivity contribution in [2.75, 3.05) is 37.8 Å². The third-order valence-corrected chi connectivity index (χ3v) is 9.79. The first-order chi connectivity index (χ1) is 29.0. The number of phenols is 1. The molecule has 61 heavy (non-hydrogen) atoms. The first kappa shape index (κ1) is 50.3. The Morgan fingerprint density at radius 2 is 1.21 bits per heavy atom. The number of hydrogen-bond acceptors (Lipinski definition) is 17. The number of carbonyl (C=O) groups excluding carboxylic acids is 7. The van der Waals surface area contributed by atoms with E-state index in [9.17, 15) is 59.1 Å². The average molecular weight is 897 g/mol. The number of ether oxygens (including phenoxy) is 2. The number of thiol groups is 2. The fourth-order valence-electron chi connectivity index (χ4n) is 5.66. The van der Waals surface area contributed by atoms with Crippen LogP contribution in [0.2, 0.25) is 0 Å². The van der Waals surface area contributed by atoms with E-state index in [4.69, 9.17) is 20.9 Å². The third-order valence-electron chi connectivity index (χ3n) is 9.06. The maximum Gasteiger partial charge on any atom is 0.245 e. The van der Waals surface area contributed by atoms with Crippen LogP contribution in [0.1, 0.15) is 11.1 Å². The Kier molecular flexibility index (Phi) is 20.6. The fourth-order valence-corrected chi connectivity index (χ4v) is 6.18. The third kappa shape index (κ3) is 16.1. The molecule has 2 aromatic carbocycles. The molecule has 1 saturated heterocycles. The van der Waals surface area contributed by atoms with Crippen LogP contribution in [0.4, 0.5) is 0 Å². The Bertz CT molecular complexity index is 1800. The number of rotatable bonds is 23. The standard InChI is InChI=1S/C37H52N8O14S2/c38-21(10-19-6-8-20(47)9-7-19)32(53)44-24(16-60)34(55)41-13-28(49)42-22(11-18-4-2-1-3-5-18)35(56)45-25(17-61)36(57)43-23(33(54)40-12-27(39)48)15-58-37-31(52)30(51)29(50)26(14-46)59-37/h1-9,21-26,29-31,37,46-47,50-52,60-61H,10-17,38H2,(H2,39,48)(H,40,54)(H,41,55)(H,42,49)(H,43,57)(H,44,53)(H,45,56)/t21-,22-,23+,24+,25+,26+,29+,30-,31+,37+/m0/s1. The second-order valence-electron chi connectivity index (χ2n) is 13.8. The molecule has 3 rings (SSSR count). The van der Waals surface area contributed by atoms with Gasteiger partial charge in [0.25, 0.3) is 0 Å². The van der Waals surface area contributed by atoms with Gasteiger partial charge in [-0.25, -0.2) is 0 Å². The van der Waals surface area contributed by atoms with E-state index in [2.05, 4.69) is 57.2 Å². The van der Waals surface area contributed by atoms with Crippen molar-refractivity contribution in [2.24, 2.45) is 11.5 Å². The minimum Gasteiger partial charge on any atom is -0.508 e. The van der Waals surface area contributed by atoms with Crippen molar-refractivity contribution in [1.29, 1.82) is 0 Å². The molecule has 1 aliphatic rings. The molecule has 0 spiro atoms. The number of aromatic hydroxyl groups is 1. The second kappa shape index (κ2) is 25.0. The van der Waals surface area contributed by atoms with Crippen LogP contribution >= 0.6 is 25.3 Å². The topological polar surface area (TPSA) is 363 Å². The lowest BCUT2D eigenvalue weighted by molar-refractivity contribution is -0.301. The van der Waals surface area contributed by atoms with Gasteiger partial charge < -0.3 is 78.4 Å². The highest BCUT2D eigenvalue weighted by molar-refractivity contribution is 7.80. The van der Waals surface area contributed by atoms with Gasteiger partial charge in [-0.1, -0.05) is 42.5 Å². The summed E-state index contributed by atoms with van der Waals surface area (Å²) in [7, 11) is 0. The molecule has 1 fully saturated rings. The van der Waals surface area contributed by atoms with Gasteiger partial charge in [0.2, 0.25) is 41.4 Å². The molecule has 2 aromatic rings. The fraction of sp³-hybridized carbons (Fsp3) is 0.486. The second-order valence-corrected chi connectivity index (χ2v) is 14.5. The highest BCUT2D eigenvalue weighted by Gasteiger charge is 2.44. The van der Waals surface area contributed by atoms with Gasteiger partial charge in [0.15, 0.2) is 6.29 Å². The molecule has 0 radical (unpaired) electrons. The Hall–Kier alpha value is -5.05. The number of aliphatic hydroxyl groups excluding tert-OH is 4. The molecule has 0 bridgehead atoms. The Balaban J connectivity index is 1.67. The Morgan fingerprint density at radius 1 is 0.672 bits per heavy atom. The molecular weight excluding hydrogens is 845 g/mol. The number of amides is 7. The van der Waals surface area contributed by atoms with Crippen LogP contribution in [-0.2, 0) is 55.9 Å². The maximum absolute atomic E-state index is 13.7. The summed E-state index contributed by atoms with van der Waals surface area (Å²) in [4.78, 5) is 90.4. The monoisotopic (exact) mass is 896 g/mol. The van der Waals surface area contributed by atoms with Crippen LogP contribution in [0.3, 0.4) is 0 Å². The van der Waals surface area contributed by atoms with Crippen LogP contribution in [0.5, 0.6) is 5.75 Å². The van der Waals surface area contributed by atoms with Crippen LogP contribution in [0.15, 0.2) is 54.6 Å². The van der Waals surface area contributed by atoms with E-state index < -0.39 is 129 Å². The molecule has 10 atom stereocenters. The normalized spacial score (nSPS) is 21.0. The zero-order valence-electron chi connectivity index (χ0n) is 32.6. The van der Waals surface area contributed by atoms with E-state index in [1.807, 2.05) is 0 Å². The lowest BCUT2D eigenvalue weighted by Gasteiger charge is -2.40. The van der Waals surface area contributed by atoms with Gasteiger partial charge in [-0.15, -0.1) is 0 Å². The van der Waals surface area contributed by atoms with Gasteiger partial charge in [0, 0.05) is 17.9 Å². The summed E-state index contributed by atoms with van der Waals surface area (Å²) in [6.45, 7) is -2.84. The van der Waals surface area contributed by atoms with Gasteiger partial charge in [-0.2, -0.15) is 25.3 Å². The number of primary amides is 1. The maximum atomic E-state index is 13.7. The number of aliphatic hydroxyl groups is 4. The average Bonchev–Trinajstić information content (AvgIpc) is 3.24. The minimum atomic E-state index is -1.85. The summed E-state index contributed by atoms with van der Waals surface area (Å²) in [6, 6.07) is 7.78. The minimum absolute atomic E-state index is 0.0358. The Labute approximate surface area is 360 Å². The molecule has 0 unspecified atom stereocenters. The van der Waals surface area contributed by atoms with Crippen LogP contribution in [0, 0.1) is 0 Å². The van der Waals surface area contributed by atoms with Gasteiger partial charge in [0.1, 0.15) is 54.3 Å². The van der Waals surface area contributed by atoms with Crippen LogP contribution in [0.25, 0.3) is 0 Å². The highest BCUT2D eigenvalue weighted by atomic mass is 32.1. The van der Waals surface area contributed by atoms with E-state index >= 15 is 0 Å². The molecular formula is C37H52N8O14S2. The SMILES string of the molecule is NC(=O)CNC(=O)[C@@H](CO[C@@H]1O[C@H](CO)[C@@H](O)[C@H](O)[C@H]1O)NC(=O)[C@@H](CS)NC(=O)[C@H](Cc1ccccc1)NC(=O)CNC(=O)[C@@H](CS)NC(=O)[C@@H](N)Cc1ccc(O)cc1. The predicted molar refractivity (Wildman–Crippen MR) is 220 cm³/mol. The van der Waals surface area contributed by atoms with Crippen LogP contribution < -0.4 is 43.4 Å². The summed E-state index contributed by atoms with van der Waals surface area (Å²) in [5.74, 6) is -6.58. The molecule has 0 aliphatic carbocycles.